The van der Waals surface area contributed by atoms with Crippen LogP contribution in [0.5, 0.6) is 0 Å². The first-order valence-corrected chi connectivity index (χ1v) is 11.5. The number of carbonyl (C=O) groups is 1. The Morgan fingerprint density at radius 3 is 2.53 bits per heavy atom. The molecule has 0 spiro atoms. The summed E-state index contributed by atoms with van der Waals surface area (Å²) in [4.78, 5) is 17.6. The van der Waals surface area contributed by atoms with Gasteiger partial charge in [0.25, 0.3) is 5.91 Å². The topological polar surface area (TPSA) is 77.0 Å². The fourth-order valence-electron chi connectivity index (χ4n) is 6.13. The van der Waals surface area contributed by atoms with Crippen LogP contribution < -0.4 is 5.32 Å². The predicted octanol–water partition coefficient (Wildman–Crippen LogP) is 4.15. The van der Waals surface area contributed by atoms with Crippen molar-refractivity contribution in [1.82, 2.24) is 20.5 Å². The third kappa shape index (κ3) is 2.81. The monoisotopic (exact) mass is 462 g/mol. The van der Waals surface area contributed by atoms with Gasteiger partial charge < -0.3 is 10.1 Å². The van der Waals surface area contributed by atoms with Crippen molar-refractivity contribution >= 4 is 5.91 Å². The van der Waals surface area contributed by atoms with Gasteiger partial charge in [0.2, 0.25) is 0 Å². The number of amides is 1. The summed E-state index contributed by atoms with van der Waals surface area (Å²) in [6.45, 7) is 5.38. The fourth-order valence-corrected chi connectivity index (χ4v) is 6.13. The first-order chi connectivity index (χ1) is 16.3. The molecule has 1 N–H and O–H groups in total. The minimum absolute atomic E-state index is 0.0127. The normalized spacial score (nSPS) is 24.5. The second-order valence-corrected chi connectivity index (χ2v) is 9.96. The number of ether oxygens (including phenoxy) is 1. The number of rotatable bonds is 4. The number of aromatic nitrogens is 3. The lowest BCUT2D eigenvalue weighted by Gasteiger charge is -2.37. The molecule has 0 radical (unpaired) electrons. The molecule has 6 nitrogen and oxygen atoms in total. The molecular formula is C26H24F2N4O2. The molecule has 2 fully saturated rings. The van der Waals surface area contributed by atoms with Gasteiger partial charge in [-0.3, -0.25) is 4.79 Å². The molecule has 3 aliphatic rings. The van der Waals surface area contributed by atoms with E-state index in [0.717, 1.165) is 29.8 Å². The molecule has 1 saturated heterocycles. The molecule has 34 heavy (non-hydrogen) atoms. The molecule has 3 aromatic rings. The number of fused-ring (bicyclic) bond motifs is 5. The molecule has 1 saturated carbocycles. The number of pyridine rings is 1. The van der Waals surface area contributed by atoms with E-state index in [9.17, 15) is 13.6 Å². The number of nitrogens with one attached hydrogen (secondary N) is 1. The SMILES string of the molecule is CC1(C)[C@H]2CC[C@]1(c1cccc(C(=O)NC3COC3)n1)c1nnc(-c3c(F)cccc3F)cc12. The van der Waals surface area contributed by atoms with Gasteiger partial charge in [-0.1, -0.05) is 26.0 Å². The molecule has 174 valence electrons. The Kier molecular flexibility index (Phi) is 4.61. The molecular weight excluding hydrogens is 438 g/mol. The van der Waals surface area contributed by atoms with E-state index in [1.54, 1.807) is 12.1 Å². The van der Waals surface area contributed by atoms with Crippen LogP contribution in [0.2, 0.25) is 0 Å². The fraction of sp³-hybridized carbons (Fsp3) is 0.385. The Morgan fingerprint density at radius 2 is 1.82 bits per heavy atom. The lowest BCUT2D eigenvalue weighted by molar-refractivity contribution is -0.00355. The standard InChI is InChI=1S/C26H24F2N4O2/c1-25(2)16-9-10-26(25,21-8-4-7-19(30-21)24(33)29-14-12-34-13-14)23-15(16)11-20(31-32-23)22-17(27)5-3-6-18(22)28/h3-8,11,14,16H,9-10,12-13H2,1-2H3,(H,29,33)/t16-,26-/m0/s1. The lowest BCUT2D eigenvalue weighted by atomic mass is 9.66. The number of hydrogen-bond donors (Lipinski definition) is 1. The van der Waals surface area contributed by atoms with Crippen LogP contribution in [-0.4, -0.2) is 40.3 Å². The first kappa shape index (κ1) is 21.3. The maximum Gasteiger partial charge on any atom is 0.270 e. The van der Waals surface area contributed by atoms with E-state index in [1.165, 1.54) is 18.2 Å². The van der Waals surface area contributed by atoms with E-state index < -0.39 is 17.0 Å². The molecule has 2 aromatic heterocycles. The van der Waals surface area contributed by atoms with E-state index in [4.69, 9.17) is 9.72 Å². The van der Waals surface area contributed by atoms with Gasteiger partial charge in [-0.2, -0.15) is 5.10 Å². The highest BCUT2D eigenvalue weighted by Crippen LogP contribution is 2.69. The van der Waals surface area contributed by atoms with Crippen LogP contribution in [-0.2, 0) is 10.2 Å². The summed E-state index contributed by atoms with van der Waals surface area (Å²) in [5.74, 6) is -1.42. The third-order valence-corrected chi connectivity index (χ3v) is 7.99. The van der Waals surface area contributed by atoms with Crippen molar-refractivity contribution in [1.29, 1.82) is 0 Å². The molecule has 8 heteroatoms. The molecule has 3 heterocycles. The van der Waals surface area contributed by atoms with Gasteiger partial charge in [0, 0.05) is 0 Å². The van der Waals surface area contributed by atoms with E-state index >= 15 is 0 Å². The van der Waals surface area contributed by atoms with Gasteiger partial charge in [0.15, 0.2) is 0 Å². The summed E-state index contributed by atoms with van der Waals surface area (Å²) >= 11 is 0. The summed E-state index contributed by atoms with van der Waals surface area (Å²) in [6.07, 6.45) is 1.71. The highest BCUT2D eigenvalue weighted by atomic mass is 19.1. The molecule has 0 unspecified atom stereocenters. The molecule has 1 aromatic carbocycles. The zero-order chi connectivity index (χ0) is 23.7. The van der Waals surface area contributed by atoms with E-state index in [2.05, 4.69) is 29.4 Å². The molecule has 2 aliphatic carbocycles. The Morgan fingerprint density at radius 1 is 1.09 bits per heavy atom. The van der Waals surface area contributed by atoms with Gasteiger partial charge in [0.1, 0.15) is 17.3 Å². The minimum Gasteiger partial charge on any atom is -0.377 e. The van der Waals surface area contributed by atoms with Crippen LogP contribution in [0.1, 0.15) is 60.0 Å². The summed E-state index contributed by atoms with van der Waals surface area (Å²) in [5.41, 5.74) is 2.09. The average Bonchev–Trinajstić information content (AvgIpc) is 3.17. The first-order valence-electron chi connectivity index (χ1n) is 11.5. The van der Waals surface area contributed by atoms with Crippen molar-refractivity contribution in [2.75, 3.05) is 13.2 Å². The van der Waals surface area contributed by atoms with E-state index in [1.807, 2.05) is 12.1 Å². The van der Waals surface area contributed by atoms with Crippen molar-refractivity contribution in [3.05, 3.63) is 76.7 Å². The van der Waals surface area contributed by atoms with Crippen LogP contribution in [0.15, 0.2) is 42.5 Å². The second-order valence-electron chi connectivity index (χ2n) is 9.96. The number of carbonyl (C=O) groups excluding carboxylic acids is 1. The van der Waals surface area contributed by atoms with Crippen molar-refractivity contribution in [3.63, 3.8) is 0 Å². The van der Waals surface area contributed by atoms with Gasteiger partial charge >= 0.3 is 0 Å². The quantitative estimate of drug-likeness (QED) is 0.631. The van der Waals surface area contributed by atoms with Crippen LogP contribution in [0.25, 0.3) is 11.3 Å². The largest absolute Gasteiger partial charge is 0.377 e. The van der Waals surface area contributed by atoms with Crippen LogP contribution in [0.4, 0.5) is 8.78 Å². The van der Waals surface area contributed by atoms with Crippen LogP contribution in [0, 0.1) is 17.0 Å². The minimum atomic E-state index is -0.663. The number of nitrogens with zero attached hydrogens (tertiary/aromatic N) is 3. The maximum atomic E-state index is 14.4. The number of hydrogen-bond acceptors (Lipinski definition) is 5. The highest BCUT2D eigenvalue weighted by molar-refractivity contribution is 5.92. The lowest BCUT2D eigenvalue weighted by Crippen LogP contribution is -2.48. The number of halogens is 2. The molecule has 2 bridgehead atoms. The Bertz CT molecular complexity index is 1300. The number of benzene rings is 1. The molecule has 2 atom stereocenters. The van der Waals surface area contributed by atoms with Gasteiger partial charge in [-0.15, -0.1) is 5.10 Å². The zero-order valence-corrected chi connectivity index (χ0v) is 18.9. The Labute approximate surface area is 195 Å². The Balaban J connectivity index is 1.45. The predicted molar refractivity (Wildman–Crippen MR) is 120 cm³/mol. The van der Waals surface area contributed by atoms with Crippen molar-refractivity contribution in [3.8, 4) is 11.3 Å². The molecule has 1 aliphatic heterocycles. The third-order valence-electron chi connectivity index (χ3n) is 7.99. The van der Waals surface area contributed by atoms with E-state index in [0.29, 0.717) is 18.9 Å². The van der Waals surface area contributed by atoms with E-state index in [-0.39, 0.29) is 34.5 Å². The van der Waals surface area contributed by atoms with Gasteiger partial charge in [-0.25, -0.2) is 13.8 Å². The highest BCUT2D eigenvalue weighted by Gasteiger charge is 2.65. The summed E-state index contributed by atoms with van der Waals surface area (Å²) < 4.78 is 34.0. The zero-order valence-electron chi connectivity index (χ0n) is 18.9. The van der Waals surface area contributed by atoms with Crippen LogP contribution in [0.3, 0.4) is 0 Å². The molecule has 1 amide bonds. The van der Waals surface area contributed by atoms with Crippen molar-refractivity contribution in [2.24, 2.45) is 5.41 Å². The molecule has 6 rings (SSSR count). The maximum absolute atomic E-state index is 14.4. The van der Waals surface area contributed by atoms with Gasteiger partial charge in [-0.05, 0) is 60.1 Å². The van der Waals surface area contributed by atoms with Crippen LogP contribution >= 0.6 is 0 Å². The Hall–Kier alpha value is -3.26. The van der Waals surface area contributed by atoms with Gasteiger partial charge in [0.05, 0.1) is 47.3 Å². The summed E-state index contributed by atoms with van der Waals surface area (Å²) in [6, 6.07) is 11.1. The van der Waals surface area contributed by atoms with Crippen molar-refractivity contribution in [2.45, 2.75) is 44.1 Å². The summed E-state index contributed by atoms with van der Waals surface area (Å²) in [5, 5.41) is 11.8. The smallest absolute Gasteiger partial charge is 0.270 e. The second kappa shape index (κ2) is 7.37. The summed E-state index contributed by atoms with van der Waals surface area (Å²) in [7, 11) is 0. The average molecular weight is 463 g/mol. The van der Waals surface area contributed by atoms with Crippen molar-refractivity contribution < 1.29 is 18.3 Å².